The SMILES string of the molecule is CN(c1ccc(-c2nnc(Sc3c(F)cc(C(=O)CO)cc3F)s2)cc1)S(C)(=O)=O. The van der Waals surface area contributed by atoms with Gasteiger partial charge in [0.15, 0.2) is 10.1 Å². The first-order valence-electron chi connectivity index (χ1n) is 8.29. The molecule has 0 radical (unpaired) electrons. The number of nitrogens with zero attached hydrogens (tertiary/aromatic N) is 3. The Balaban J connectivity index is 1.81. The molecule has 0 aliphatic rings. The molecule has 7 nitrogen and oxygen atoms in total. The van der Waals surface area contributed by atoms with E-state index in [2.05, 4.69) is 10.2 Å². The summed E-state index contributed by atoms with van der Waals surface area (Å²) in [7, 11) is -1.95. The Bertz CT molecular complexity index is 1170. The van der Waals surface area contributed by atoms with Crippen molar-refractivity contribution in [3.05, 3.63) is 53.6 Å². The van der Waals surface area contributed by atoms with Crippen LogP contribution in [0.25, 0.3) is 10.6 Å². The smallest absolute Gasteiger partial charge is 0.231 e. The lowest BCUT2D eigenvalue weighted by atomic mass is 10.1. The van der Waals surface area contributed by atoms with Gasteiger partial charge >= 0.3 is 0 Å². The van der Waals surface area contributed by atoms with Gasteiger partial charge in [-0.05, 0) is 36.4 Å². The Kier molecular flexibility index (Phi) is 6.50. The Morgan fingerprint density at radius 1 is 1.17 bits per heavy atom. The average Bonchev–Trinajstić information content (AvgIpc) is 3.17. The number of aliphatic hydroxyl groups is 1. The summed E-state index contributed by atoms with van der Waals surface area (Å²) in [5, 5.41) is 17.2. The fourth-order valence-electron chi connectivity index (χ4n) is 2.37. The molecule has 0 saturated heterocycles. The number of benzene rings is 2. The molecule has 0 bridgehead atoms. The van der Waals surface area contributed by atoms with Crippen molar-refractivity contribution in [1.29, 1.82) is 0 Å². The van der Waals surface area contributed by atoms with E-state index in [-0.39, 0.29) is 14.8 Å². The van der Waals surface area contributed by atoms with E-state index in [0.717, 1.165) is 45.8 Å². The van der Waals surface area contributed by atoms with Gasteiger partial charge in [0.1, 0.15) is 23.2 Å². The first kappa shape index (κ1) is 22.3. The lowest BCUT2D eigenvalue weighted by molar-refractivity contribution is 0.0902. The Morgan fingerprint density at radius 3 is 2.30 bits per heavy atom. The lowest BCUT2D eigenvalue weighted by Crippen LogP contribution is -2.24. The second-order valence-electron chi connectivity index (χ2n) is 6.10. The number of halogens is 2. The van der Waals surface area contributed by atoms with E-state index in [1.807, 2.05) is 0 Å². The predicted molar refractivity (Wildman–Crippen MR) is 110 cm³/mol. The van der Waals surface area contributed by atoms with Crippen molar-refractivity contribution in [2.45, 2.75) is 9.24 Å². The van der Waals surface area contributed by atoms with Gasteiger partial charge in [-0.15, -0.1) is 10.2 Å². The normalized spacial score (nSPS) is 11.5. The largest absolute Gasteiger partial charge is 0.388 e. The quantitative estimate of drug-likeness (QED) is 0.528. The van der Waals surface area contributed by atoms with Crippen LogP contribution in [0.15, 0.2) is 45.6 Å². The van der Waals surface area contributed by atoms with Gasteiger partial charge in [0, 0.05) is 18.2 Å². The Labute approximate surface area is 179 Å². The van der Waals surface area contributed by atoms with E-state index >= 15 is 0 Å². The van der Waals surface area contributed by atoms with Crippen LogP contribution in [0.2, 0.25) is 0 Å². The van der Waals surface area contributed by atoms with Crippen molar-refractivity contribution in [3.63, 3.8) is 0 Å². The number of rotatable bonds is 7. The van der Waals surface area contributed by atoms with Crippen LogP contribution in [-0.2, 0) is 10.0 Å². The first-order chi connectivity index (χ1) is 14.1. The number of hydrogen-bond acceptors (Lipinski definition) is 8. The van der Waals surface area contributed by atoms with Crippen LogP contribution in [0.5, 0.6) is 0 Å². The fraction of sp³-hybridized carbons (Fsp3) is 0.167. The number of sulfonamides is 1. The summed E-state index contributed by atoms with van der Waals surface area (Å²) < 4.78 is 53.1. The number of aromatic nitrogens is 2. The zero-order valence-corrected chi connectivity index (χ0v) is 18.1. The van der Waals surface area contributed by atoms with Gasteiger partial charge in [0.2, 0.25) is 10.0 Å². The summed E-state index contributed by atoms with van der Waals surface area (Å²) in [6.45, 7) is -0.843. The van der Waals surface area contributed by atoms with Crippen molar-refractivity contribution in [3.8, 4) is 10.6 Å². The van der Waals surface area contributed by atoms with E-state index in [9.17, 15) is 22.0 Å². The molecule has 1 heterocycles. The van der Waals surface area contributed by atoms with E-state index in [1.165, 1.54) is 7.05 Å². The van der Waals surface area contributed by atoms with Crippen LogP contribution in [0, 0.1) is 11.6 Å². The maximum absolute atomic E-state index is 14.2. The van der Waals surface area contributed by atoms with Crippen LogP contribution in [0.4, 0.5) is 14.5 Å². The van der Waals surface area contributed by atoms with Gasteiger partial charge in [0.05, 0.1) is 16.8 Å². The summed E-state index contributed by atoms with van der Waals surface area (Å²) in [6.07, 6.45) is 1.10. The van der Waals surface area contributed by atoms with Gasteiger partial charge in [-0.3, -0.25) is 9.10 Å². The van der Waals surface area contributed by atoms with E-state index < -0.39 is 34.0 Å². The highest BCUT2D eigenvalue weighted by Crippen LogP contribution is 2.37. The molecule has 0 atom stereocenters. The molecule has 12 heteroatoms. The second kappa shape index (κ2) is 8.76. The molecule has 0 fully saturated rings. The average molecular weight is 472 g/mol. The monoisotopic (exact) mass is 471 g/mol. The fourth-order valence-corrected chi connectivity index (χ4v) is 4.68. The van der Waals surface area contributed by atoms with Crippen LogP contribution in [0.1, 0.15) is 10.4 Å². The van der Waals surface area contributed by atoms with Crippen LogP contribution >= 0.6 is 23.1 Å². The van der Waals surface area contributed by atoms with Crippen LogP contribution in [-0.4, -0.2) is 49.4 Å². The summed E-state index contributed by atoms with van der Waals surface area (Å²) in [5.41, 5.74) is 0.880. The zero-order valence-electron chi connectivity index (χ0n) is 15.7. The van der Waals surface area contributed by atoms with Gasteiger partial charge in [0.25, 0.3) is 0 Å². The molecule has 3 rings (SSSR count). The van der Waals surface area contributed by atoms with Crippen molar-refractivity contribution >= 4 is 44.6 Å². The zero-order chi connectivity index (χ0) is 22.1. The highest BCUT2D eigenvalue weighted by molar-refractivity contribution is 8.01. The summed E-state index contributed by atoms with van der Waals surface area (Å²) in [4.78, 5) is 11.1. The van der Waals surface area contributed by atoms with Crippen molar-refractivity contribution in [2.24, 2.45) is 0 Å². The third-order valence-corrected chi connectivity index (χ3v) is 7.36. The molecule has 30 heavy (non-hydrogen) atoms. The molecule has 3 aromatic rings. The molecule has 158 valence electrons. The maximum atomic E-state index is 14.2. The third-order valence-electron chi connectivity index (χ3n) is 4.04. The standard InChI is InChI=1S/C18H15F2N3O4S3/c1-23(30(2,26)27)12-5-3-10(4-6-12)17-21-22-18(29-17)28-16-13(19)7-11(8-14(16)20)15(25)9-24/h3-8,24H,9H2,1-2H3. The van der Waals surface area contributed by atoms with Gasteiger partial charge in [-0.1, -0.05) is 23.1 Å². The molecule has 0 aliphatic carbocycles. The first-order valence-corrected chi connectivity index (χ1v) is 11.8. The van der Waals surface area contributed by atoms with Crippen molar-refractivity contribution in [2.75, 3.05) is 24.2 Å². The van der Waals surface area contributed by atoms with Crippen LogP contribution in [0.3, 0.4) is 0 Å². The van der Waals surface area contributed by atoms with Crippen molar-refractivity contribution in [1.82, 2.24) is 10.2 Å². The summed E-state index contributed by atoms with van der Waals surface area (Å²) in [5.74, 6) is -2.67. The maximum Gasteiger partial charge on any atom is 0.231 e. The second-order valence-corrected chi connectivity index (χ2v) is 10.4. The number of aliphatic hydroxyl groups excluding tert-OH is 1. The summed E-state index contributed by atoms with van der Waals surface area (Å²) >= 11 is 1.83. The van der Waals surface area contributed by atoms with Gasteiger partial charge in [-0.25, -0.2) is 17.2 Å². The molecule has 0 amide bonds. The number of anilines is 1. The van der Waals surface area contributed by atoms with Gasteiger partial charge < -0.3 is 5.11 Å². The van der Waals surface area contributed by atoms with E-state index in [0.29, 0.717) is 16.3 Å². The molecular weight excluding hydrogens is 456 g/mol. The Hall–Kier alpha value is -2.41. The topological polar surface area (TPSA) is 100 Å². The summed E-state index contributed by atoms with van der Waals surface area (Å²) in [6, 6.07) is 8.29. The molecule has 2 aromatic carbocycles. The number of hydrogen-bond donors (Lipinski definition) is 1. The van der Waals surface area contributed by atoms with Gasteiger partial charge in [-0.2, -0.15) is 0 Å². The molecule has 1 aromatic heterocycles. The lowest BCUT2D eigenvalue weighted by Gasteiger charge is -2.16. The molecule has 0 saturated carbocycles. The molecule has 0 spiro atoms. The van der Waals surface area contributed by atoms with E-state index in [1.54, 1.807) is 24.3 Å². The highest BCUT2D eigenvalue weighted by Gasteiger charge is 2.18. The van der Waals surface area contributed by atoms with E-state index in [4.69, 9.17) is 5.11 Å². The molecule has 0 aliphatic heterocycles. The van der Waals surface area contributed by atoms with Crippen LogP contribution < -0.4 is 4.31 Å². The minimum Gasteiger partial charge on any atom is -0.388 e. The molecule has 1 N–H and O–H groups in total. The third kappa shape index (κ3) is 4.83. The number of carbonyl (C=O) groups excluding carboxylic acids is 1. The number of ketones is 1. The Morgan fingerprint density at radius 2 is 1.77 bits per heavy atom. The number of Topliss-reactive ketones (excluding diaryl/α,β-unsaturated/α-hetero) is 1. The minimum absolute atomic E-state index is 0.256. The number of carbonyl (C=O) groups is 1. The highest BCUT2D eigenvalue weighted by atomic mass is 32.2. The molecule has 0 unspecified atom stereocenters. The molecular formula is C18H15F2N3O4S3. The predicted octanol–water partition coefficient (Wildman–Crippen LogP) is 3.21. The minimum atomic E-state index is -3.38. The van der Waals surface area contributed by atoms with Crippen molar-refractivity contribution < 1.29 is 27.1 Å².